The van der Waals surface area contributed by atoms with Gasteiger partial charge in [-0.2, -0.15) is 0 Å². The molecule has 0 aliphatic carbocycles. The lowest BCUT2D eigenvalue weighted by molar-refractivity contribution is -0.113. The maximum Gasteiger partial charge on any atom is 0.338 e. The standard InChI is InChI=1S/C26H30ClN5O4S/c1-5-32-23(22(16(3)4)29-24(34)19-9-7-8-10-20(19)27)30-31-26(32)37-15-21(33)28-18-13-11-17(12-14-18)25(35)36-6-2/h7-14,16,22H,5-6,15H2,1-4H3,(H,28,33)(H,29,34)/t22-/m1/s1. The molecule has 0 bridgehead atoms. The van der Waals surface area contributed by atoms with Crippen molar-refractivity contribution in [1.82, 2.24) is 20.1 Å². The van der Waals surface area contributed by atoms with Crippen LogP contribution in [0.25, 0.3) is 0 Å². The van der Waals surface area contributed by atoms with Crippen molar-refractivity contribution in [2.75, 3.05) is 17.7 Å². The highest BCUT2D eigenvalue weighted by Crippen LogP contribution is 2.26. The number of carbonyl (C=O) groups is 3. The Morgan fingerprint density at radius 1 is 1.05 bits per heavy atom. The molecule has 0 fully saturated rings. The van der Waals surface area contributed by atoms with Crippen LogP contribution in [0.1, 0.15) is 60.3 Å². The van der Waals surface area contributed by atoms with E-state index in [2.05, 4.69) is 20.8 Å². The molecule has 11 heteroatoms. The zero-order chi connectivity index (χ0) is 26.9. The van der Waals surface area contributed by atoms with Gasteiger partial charge in [0.05, 0.1) is 34.6 Å². The molecule has 1 heterocycles. The van der Waals surface area contributed by atoms with E-state index in [1.54, 1.807) is 55.5 Å². The number of esters is 1. The predicted octanol–water partition coefficient (Wildman–Crippen LogP) is 4.99. The second-order valence-corrected chi connectivity index (χ2v) is 9.74. The molecule has 2 amide bonds. The zero-order valence-electron chi connectivity index (χ0n) is 21.2. The average Bonchev–Trinajstić information content (AvgIpc) is 3.29. The Labute approximate surface area is 225 Å². The molecule has 0 aliphatic heterocycles. The molecule has 0 radical (unpaired) electrons. The first-order valence-corrected chi connectivity index (χ1v) is 13.3. The number of carbonyl (C=O) groups excluding carboxylic acids is 3. The molecule has 0 saturated heterocycles. The van der Waals surface area contributed by atoms with Crippen molar-refractivity contribution in [2.24, 2.45) is 5.92 Å². The minimum atomic E-state index is -0.409. The van der Waals surface area contributed by atoms with E-state index in [0.29, 0.717) is 46.0 Å². The molecule has 196 valence electrons. The SMILES string of the molecule is CCOC(=O)c1ccc(NC(=O)CSc2nnc([C@H](NC(=O)c3ccccc3Cl)C(C)C)n2CC)cc1. The van der Waals surface area contributed by atoms with Crippen molar-refractivity contribution in [2.45, 2.75) is 45.4 Å². The van der Waals surface area contributed by atoms with Crippen molar-refractivity contribution < 1.29 is 19.1 Å². The largest absolute Gasteiger partial charge is 0.462 e. The van der Waals surface area contributed by atoms with Gasteiger partial charge in [-0.05, 0) is 56.2 Å². The van der Waals surface area contributed by atoms with Crippen LogP contribution in [0.4, 0.5) is 5.69 Å². The van der Waals surface area contributed by atoms with Crippen LogP contribution in [0.15, 0.2) is 53.7 Å². The molecule has 9 nitrogen and oxygen atoms in total. The Bertz CT molecular complexity index is 1250. The highest BCUT2D eigenvalue weighted by Gasteiger charge is 2.26. The summed E-state index contributed by atoms with van der Waals surface area (Å²) in [5.41, 5.74) is 1.37. The van der Waals surface area contributed by atoms with Gasteiger partial charge in [0.2, 0.25) is 5.91 Å². The highest BCUT2D eigenvalue weighted by atomic mass is 35.5. The molecule has 0 saturated carbocycles. The monoisotopic (exact) mass is 543 g/mol. The van der Waals surface area contributed by atoms with Crippen molar-refractivity contribution in [1.29, 1.82) is 0 Å². The van der Waals surface area contributed by atoms with Gasteiger partial charge in [-0.1, -0.05) is 49.3 Å². The smallest absolute Gasteiger partial charge is 0.338 e. The number of hydrogen-bond donors (Lipinski definition) is 2. The third-order valence-electron chi connectivity index (χ3n) is 5.42. The summed E-state index contributed by atoms with van der Waals surface area (Å²) in [5.74, 6) is -0.190. The molecular formula is C26H30ClN5O4S. The number of anilines is 1. The third kappa shape index (κ3) is 7.33. The van der Waals surface area contributed by atoms with Crippen LogP contribution in [-0.4, -0.2) is 44.9 Å². The molecule has 1 aromatic heterocycles. The Hall–Kier alpha value is -3.37. The lowest BCUT2D eigenvalue weighted by atomic mass is 10.0. The van der Waals surface area contributed by atoms with Crippen molar-refractivity contribution >= 4 is 46.8 Å². The number of aromatic nitrogens is 3. The molecule has 0 unspecified atom stereocenters. The van der Waals surface area contributed by atoms with Gasteiger partial charge in [0.1, 0.15) is 0 Å². The number of rotatable bonds is 11. The lowest BCUT2D eigenvalue weighted by Gasteiger charge is -2.22. The first kappa shape index (κ1) is 28.2. The summed E-state index contributed by atoms with van der Waals surface area (Å²) in [7, 11) is 0. The van der Waals surface area contributed by atoms with Crippen molar-refractivity contribution in [3.63, 3.8) is 0 Å². The average molecular weight is 544 g/mol. The van der Waals surface area contributed by atoms with Crippen LogP contribution in [0.3, 0.4) is 0 Å². The van der Waals surface area contributed by atoms with E-state index in [1.165, 1.54) is 11.8 Å². The second-order valence-electron chi connectivity index (χ2n) is 8.39. The summed E-state index contributed by atoms with van der Waals surface area (Å²) in [6.07, 6.45) is 0. The molecule has 2 N–H and O–H groups in total. The van der Waals surface area contributed by atoms with E-state index in [1.807, 2.05) is 25.3 Å². The van der Waals surface area contributed by atoms with Crippen LogP contribution < -0.4 is 10.6 Å². The van der Waals surface area contributed by atoms with Gasteiger partial charge in [0.25, 0.3) is 5.91 Å². The Balaban J connectivity index is 1.66. The fourth-order valence-electron chi connectivity index (χ4n) is 3.56. The van der Waals surface area contributed by atoms with Gasteiger partial charge in [0.15, 0.2) is 11.0 Å². The topological polar surface area (TPSA) is 115 Å². The van der Waals surface area contributed by atoms with Gasteiger partial charge in [0, 0.05) is 12.2 Å². The van der Waals surface area contributed by atoms with Gasteiger partial charge in [-0.15, -0.1) is 10.2 Å². The number of benzene rings is 2. The number of hydrogen-bond acceptors (Lipinski definition) is 7. The molecule has 0 spiro atoms. The number of amides is 2. The van der Waals surface area contributed by atoms with E-state index < -0.39 is 12.0 Å². The number of nitrogens with one attached hydrogen (secondary N) is 2. The lowest BCUT2D eigenvalue weighted by Crippen LogP contribution is -2.34. The molecule has 3 rings (SSSR count). The van der Waals surface area contributed by atoms with Crippen LogP contribution in [0.2, 0.25) is 5.02 Å². The minimum Gasteiger partial charge on any atom is -0.462 e. The quantitative estimate of drug-likeness (QED) is 0.259. The van der Waals surface area contributed by atoms with Gasteiger partial charge in [-0.3, -0.25) is 9.59 Å². The van der Waals surface area contributed by atoms with Crippen LogP contribution >= 0.6 is 23.4 Å². The predicted molar refractivity (Wildman–Crippen MR) is 144 cm³/mol. The fourth-order valence-corrected chi connectivity index (χ4v) is 4.59. The second kappa shape index (κ2) is 13.3. The maximum atomic E-state index is 12.9. The Morgan fingerprint density at radius 2 is 1.76 bits per heavy atom. The van der Waals surface area contributed by atoms with Crippen LogP contribution in [-0.2, 0) is 16.1 Å². The van der Waals surface area contributed by atoms with E-state index in [4.69, 9.17) is 16.3 Å². The van der Waals surface area contributed by atoms with E-state index >= 15 is 0 Å². The number of halogens is 1. The molecule has 3 aromatic rings. The van der Waals surface area contributed by atoms with Gasteiger partial charge >= 0.3 is 5.97 Å². The van der Waals surface area contributed by atoms with E-state index in [-0.39, 0.29) is 23.5 Å². The molecule has 2 aromatic carbocycles. The van der Waals surface area contributed by atoms with Gasteiger partial charge < -0.3 is 19.9 Å². The first-order valence-electron chi connectivity index (χ1n) is 11.9. The molecular weight excluding hydrogens is 514 g/mol. The Kier molecular flexibility index (Phi) is 10.1. The van der Waals surface area contributed by atoms with Crippen molar-refractivity contribution in [3.05, 3.63) is 70.5 Å². The first-order chi connectivity index (χ1) is 17.7. The summed E-state index contributed by atoms with van der Waals surface area (Å²) < 4.78 is 6.86. The molecule has 37 heavy (non-hydrogen) atoms. The zero-order valence-corrected chi connectivity index (χ0v) is 22.7. The normalized spacial score (nSPS) is 11.7. The van der Waals surface area contributed by atoms with Crippen LogP contribution in [0.5, 0.6) is 0 Å². The summed E-state index contributed by atoms with van der Waals surface area (Å²) in [5, 5.41) is 15.4. The number of thioether (sulfide) groups is 1. The van der Waals surface area contributed by atoms with E-state index in [9.17, 15) is 14.4 Å². The summed E-state index contributed by atoms with van der Waals surface area (Å²) >= 11 is 7.45. The molecule has 0 aliphatic rings. The third-order valence-corrected chi connectivity index (χ3v) is 6.72. The van der Waals surface area contributed by atoms with Gasteiger partial charge in [-0.25, -0.2) is 4.79 Å². The van der Waals surface area contributed by atoms with E-state index in [0.717, 1.165) is 0 Å². The maximum absolute atomic E-state index is 12.9. The van der Waals surface area contributed by atoms with Crippen molar-refractivity contribution in [3.8, 4) is 0 Å². The minimum absolute atomic E-state index is 0.0275. The molecule has 1 atom stereocenters. The summed E-state index contributed by atoms with van der Waals surface area (Å²) in [6.45, 7) is 8.53. The fraction of sp³-hybridized carbons (Fsp3) is 0.346. The highest BCUT2D eigenvalue weighted by molar-refractivity contribution is 7.99. The number of ether oxygens (including phenoxy) is 1. The Morgan fingerprint density at radius 3 is 2.38 bits per heavy atom. The summed E-state index contributed by atoms with van der Waals surface area (Å²) in [4.78, 5) is 37.2. The number of nitrogens with zero attached hydrogens (tertiary/aromatic N) is 3. The van der Waals surface area contributed by atoms with Crippen LogP contribution in [0, 0.1) is 5.92 Å². The summed E-state index contributed by atoms with van der Waals surface area (Å²) in [6, 6.07) is 13.0.